The smallest absolute Gasteiger partial charge is 0.123 e. The van der Waals surface area contributed by atoms with Gasteiger partial charge in [0.25, 0.3) is 0 Å². The van der Waals surface area contributed by atoms with E-state index < -0.39 is 0 Å². The fraction of sp³-hybridized carbons (Fsp3) is 0.455. The lowest BCUT2D eigenvalue weighted by molar-refractivity contribution is 0.535. The lowest BCUT2D eigenvalue weighted by atomic mass is 10.1. The molecule has 0 amide bonds. The van der Waals surface area contributed by atoms with E-state index in [2.05, 4.69) is 13.8 Å². The minimum absolute atomic E-state index is 0.192. The molecule has 0 spiro atoms. The van der Waals surface area contributed by atoms with Gasteiger partial charge in [0.05, 0.1) is 0 Å². The predicted molar refractivity (Wildman–Crippen MR) is 59.9 cm³/mol. The highest BCUT2D eigenvalue weighted by Gasteiger charge is 2.07. The van der Waals surface area contributed by atoms with Crippen LogP contribution in [0, 0.1) is 11.7 Å². The molecule has 0 saturated heterocycles. The van der Waals surface area contributed by atoms with Gasteiger partial charge in [-0.2, -0.15) is 0 Å². The van der Waals surface area contributed by atoms with Crippen LogP contribution in [0.2, 0.25) is 0 Å². The number of halogens is 1. The number of nitrogens with two attached hydrogens (primary N) is 1. The van der Waals surface area contributed by atoms with E-state index in [-0.39, 0.29) is 11.9 Å². The third kappa shape index (κ3) is 3.68. The van der Waals surface area contributed by atoms with Gasteiger partial charge in [0, 0.05) is 16.7 Å². The molecule has 1 rings (SSSR count). The van der Waals surface area contributed by atoms with E-state index in [1.807, 2.05) is 0 Å². The van der Waals surface area contributed by atoms with E-state index in [9.17, 15) is 4.39 Å². The topological polar surface area (TPSA) is 26.0 Å². The molecule has 1 aromatic rings. The van der Waals surface area contributed by atoms with Crippen LogP contribution in [-0.4, -0.2) is 11.8 Å². The summed E-state index contributed by atoms with van der Waals surface area (Å²) < 4.78 is 12.6. The molecule has 0 radical (unpaired) electrons. The first-order chi connectivity index (χ1) is 6.59. The third-order valence-electron chi connectivity index (χ3n) is 2.11. The van der Waals surface area contributed by atoms with Crippen molar-refractivity contribution in [3.63, 3.8) is 0 Å². The maximum atomic E-state index is 12.6. The Morgan fingerprint density at radius 1 is 1.29 bits per heavy atom. The van der Waals surface area contributed by atoms with Gasteiger partial charge in [-0.3, -0.25) is 0 Å². The monoisotopic (exact) mass is 213 g/mol. The van der Waals surface area contributed by atoms with Crippen molar-refractivity contribution in [3.05, 3.63) is 30.1 Å². The number of hydrogen-bond acceptors (Lipinski definition) is 2. The van der Waals surface area contributed by atoms with E-state index in [1.165, 1.54) is 12.1 Å². The maximum Gasteiger partial charge on any atom is 0.123 e. The standard InChI is InChI=1S/C11H16FNS/c1-8(2)11(13)7-14-10-5-3-9(12)4-6-10/h3-6,8,11H,7,13H2,1-2H3/t11-/m1/s1. The Morgan fingerprint density at radius 2 is 1.86 bits per heavy atom. The minimum atomic E-state index is -0.192. The van der Waals surface area contributed by atoms with Gasteiger partial charge in [0.2, 0.25) is 0 Å². The third-order valence-corrected chi connectivity index (χ3v) is 3.27. The summed E-state index contributed by atoms with van der Waals surface area (Å²) in [6.07, 6.45) is 0. The van der Waals surface area contributed by atoms with Gasteiger partial charge in [0.15, 0.2) is 0 Å². The molecular weight excluding hydrogens is 197 g/mol. The second-order valence-electron chi connectivity index (χ2n) is 3.67. The summed E-state index contributed by atoms with van der Waals surface area (Å²) in [6, 6.07) is 6.72. The van der Waals surface area contributed by atoms with E-state index in [1.54, 1.807) is 23.9 Å². The molecule has 3 heteroatoms. The van der Waals surface area contributed by atoms with Crippen LogP contribution in [0.15, 0.2) is 29.2 Å². The molecule has 0 aromatic heterocycles. The first kappa shape index (κ1) is 11.5. The Hall–Kier alpha value is -0.540. The first-order valence-electron chi connectivity index (χ1n) is 4.73. The lowest BCUT2D eigenvalue weighted by Gasteiger charge is -2.14. The van der Waals surface area contributed by atoms with Gasteiger partial charge in [-0.05, 0) is 30.2 Å². The summed E-state index contributed by atoms with van der Waals surface area (Å²) in [5.41, 5.74) is 5.90. The Labute approximate surface area is 88.9 Å². The quantitative estimate of drug-likeness (QED) is 0.778. The van der Waals surface area contributed by atoms with Gasteiger partial charge in [-0.25, -0.2) is 4.39 Å². The van der Waals surface area contributed by atoms with Gasteiger partial charge in [-0.15, -0.1) is 11.8 Å². The zero-order valence-corrected chi connectivity index (χ0v) is 9.35. The van der Waals surface area contributed by atoms with Gasteiger partial charge >= 0.3 is 0 Å². The average Bonchev–Trinajstić information content (AvgIpc) is 2.16. The molecule has 0 unspecified atom stereocenters. The Balaban J connectivity index is 2.42. The molecule has 0 saturated carbocycles. The summed E-state index contributed by atoms with van der Waals surface area (Å²) in [4.78, 5) is 1.07. The van der Waals surface area contributed by atoms with Crippen molar-refractivity contribution in [2.45, 2.75) is 24.8 Å². The second-order valence-corrected chi connectivity index (χ2v) is 4.77. The van der Waals surface area contributed by atoms with Crippen LogP contribution in [0.4, 0.5) is 4.39 Å². The van der Waals surface area contributed by atoms with Gasteiger partial charge in [-0.1, -0.05) is 13.8 Å². The summed E-state index contributed by atoms with van der Waals surface area (Å²) in [7, 11) is 0. The second kappa shape index (κ2) is 5.37. The van der Waals surface area contributed by atoms with Gasteiger partial charge < -0.3 is 5.73 Å². The Morgan fingerprint density at radius 3 is 2.36 bits per heavy atom. The van der Waals surface area contributed by atoms with E-state index >= 15 is 0 Å². The van der Waals surface area contributed by atoms with Crippen molar-refractivity contribution in [2.75, 3.05) is 5.75 Å². The number of rotatable bonds is 4. The molecule has 1 atom stereocenters. The lowest BCUT2D eigenvalue weighted by Crippen LogP contribution is -2.28. The van der Waals surface area contributed by atoms with Crippen LogP contribution in [0.1, 0.15) is 13.8 Å². The fourth-order valence-corrected chi connectivity index (χ4v) is 2.01. The van der Waals surface area contributed by atoms with Crippen molar-refractivity contribution in [2.24, 2.45) is 11.7 Å². The zero-order chi connectivity index (χ0) is 10.6. The Bertz CT molecular complexity index is 271. The van der Waals surface area contributed by atoms with Crippen LogP contribution < -0.4 is 5.73 Å². The molecule has 1 aromatic carbocycles. The van der Waals surface area contributed by atoms with Crippen LogP contribution in [-0.2, 0) is 0 Å². The number of hydrogen-bond donors (Lipinski definition) is 1. The van der Waals surface area contributed by atoms with Crippen molar-refractivity contribution >= 4 is 11.8 Å². The maximum absolute atomic E-state index is 12.6. The van der Waals surface area contributed by atoms with E-state index in [4.69, 9.17) is 5.73 Å². The van der Waals surface area contributed by atoms with Crippen molar-refractivity contribution in [1.29, 1.82) is 0 Å². The summed E-state index contributed by atoms with van der Waals surface area (Å²) in [5, 5.41) is 0. The Kier molecular flexibility index (Phi) is 4.42. The van der Waals surface area contributed by atoms with Gasteiger partial charge in [0.1, 0.15) is 5.82 Å². The van der Waals surface area contributed by atoms with Crippen molar-refractivity contribution in [1.82, 2.24) is 0 Å². The molecule has 78 valence electrons. The number of benzene rings is 1. The summed E-state index contributed by atoms with van der Waals surface area (Å²) in [5.74, 6) is 1.17. The molecule has 0 aliphatic carbocycles. The highest BCUT2D eigenvalue weighted by Crippen LogP contribution is 2.20. The molecule has 0 aliphatic rings. The molecule has 0 aliphatic heterocycles. The molecule has 2 N–H and O–H groups in total. The fourth-order valence-electron chi connectivity index (χ4n) is 0.916. The first-order valence-corrected chi connectivity index (χ1v) is 5.72. The largest absolute Gasteiger partial charge is 0.327 e. The van der Waals surface area contributed by atoms with E-state index in [0.717, 1.165) is 10.6 Å². The SMILES string of the molecule is CC(C)[C@H](N)CSc1ccc(F)cc1. The molecule has 0 fully saturated rings. The normalized spacial score (nSPS) is 13.2. The molecule has 14 heavy (non-hydrogen) atoms. The van der Waals surface area contributed by atoms with Crippen LogP contribution in [0.5, 0.6) is 0 Å². The average molecular weight is 213 g/mol. The number of thioether (sulfide) groups is 1. The van der Waals surface area contributed by atoms with Crippen molar-refractivity contribution in [3.8, 4) is 0 Å². The summed E-state index contributed by atoms with van der Waals surface area (Å²) >= 11 is 1.67. The summed E-state index contributed by atoms with van der Waals surface area (Å²) in [6.45, 7) is 4.21. The van der Waals surface area contributed by atoms with E-state index in [0.29, 0.717) is 5.92 Å². The van der Waals surface area contributed by atoms with Crippen LogP contribution in [0.3, 0.4) is 0 Å². The molecular formula is C11H16FNS. The zero-order valence-electron chi connectivity index (χ0n) is 8.53. The predicted octanol–water partition coefficient (Wildman–Crippen LogP) is 2.90. The molecule has 0 heterocycles. The molecule has 1 nitrogen and oxygen atoms in total. The molecule has 0 bridgehead atoms. The highest BCUT2D eigenvalue weighted by atomic mass is 32.2. The van der Waals surface area contributed by atoms with Crippen LogP contribution >= 0.6 is 11.8 Å². The minimum Gasteiger partial charge on any atom is -0.327 e. The highest BCUT2D eigenvalue weighted by molar-refractivity contribution is 7.99. The van der Waals surface area contributed by atoms with Crippen LogP contribution in [0.25, 0.3) is 0 Å². The van der Waals surface area contributed by atoms with Crippen molar-refractivity contribution < 1.29 is 4.39 Å².